The summed E-state index contributed by atoms with van der Waals surface area (Å²) in [6.45, 7) is 8.76. The van der Waals surface area contributed by atoms with E-state index in [1.165, 1.54) is 36.6 Å². The van der Waals surface area contributed by atoms with Gasteiger partial charge in [0.2, 0.25) is 11.8 Å². The van der Waals surface area contributed by atoms with Gasteiger partial charge < -0.3 is 9.73 Å². The second kappa shape index (κ2) is 8.46. The van der Waals surface area contributed by atoms with Crippen LogP contribution in [0.25, 0.3) is 11.5 Å². The van der Waals surface area contributed by atoms with E-state index < -0.39 is 0 Å². The minimum absolute atomic E-state index is 0.0352. The molecule has 2 atom stereocenters. The first-order chi connectivity index (χ1) is 12.8. The van der Waals surface area contributed by atoms with Crippen molar-refractivity contribution in [1.29, 1.82) is 0 Å². The Balaban J connectivity index is 1.54. The van der Waals surface area contributed by atoms with E-state index in [-0.39, 0.29) is 11.3 Å². The standard InChI is InChI=1S/C21H29N3O2S/c1-14-7-5-6-8-17(14)22-18(25)13-27-20-24-23-19(26-20)15-9-11-16(12-10-15)21(2,3)4/h9-12,14,17H,5-8,13H2,1-4H3,(H,22,25). The topological polar surface area (TPSA) is 68.0 Å². The zero-order chi connectivity index (χ0) is 19.4. The summed E-state index contributed by atoms with van der Waals surface area (Å²) in [6.07, 6.45) is 4.74. The molecule has 0 aliphatic heterocycles. The fourth-order valence-electron chi connectivity index (χ4n) is 3.40. The number of carbonyl (C=O) groups is 1. The molecule has 0 spiro atoms. The molecule has 1 heterocycles. The number of aromatic nitrogens is 2. The van der Waals surface area contributed by atoms with Gasteiger partial charge >= 0.3 is 0 Å². The van der Waals surface area contributed by atoms with E-state index in [2.05, 4.69) is 55.3 Å². The normalized spacial score (nSPS) is 20.4. The summed E-state index contributed by atoms with van der Waals surface area (Å²) in [6, 6.07) is 8.47. The van der Waals surface area contributed by atoms with Crippen LogP contribution >= 0.6 is 11.8 Å². The second-order valence-corrected chi connectivity index (χ2v) is 9.35. The Morgan fingerprint density at radius 3 is 2.56 bits per heavy atom. The molecule has 1 aromatic heterocycles. The lowest BCUT2D eigenvalue weighted by molar-refractivity contribution is -0.119. The van der Waals surface area contributed by atoms with Crippen LogP contribution < -0.4 is 5.32 Å². The lowest BCUT2D eigenvalue weighted by atomic mass is 9.86. The lowest BCUT2D eigenvalue weighted by Gasteiger charge is -2.29. The first-order valence-corrected chi connectivity index (χ1v) is 10.7. The highest BCUT2D eigenvalue weighted by Crippen LogP contribution is 2.27. The van der Waals surface area contributed by atoms with E-state index >= 15 is 0 Å². The van der Waals surface area contributed by atoms with Gasteiger partial charge in [-0.1, -0.05) is 64.4 Å². The predicted molar refractivity (Wildman–Crippen MR) is 109 cm³/mol. The van der Waals surface area contributed by atoms with Crippen molar-refractivity contribution < 1.29 is 9.21 Å². The number of hydrogen-bond donors (Lipinski definition) is 1. The maximum atomic E-state index is 12.2. The Morgan fingerprint density at radius 2 is 1.89 bits per heavy atom. The molecular formula is C21H29N3O2S. The highest BCUT2D eigenvalue weighted by Gasteiger charge is 2.23. The molecule has 5 nitrogen and oxygen atoms in total. The zero-order valence-electron chi connectivity index (χ0n) is 16.6. The summed E-state index contributed by atoms with van der Waals surface area (Å²) in [5, 5.41) is 11.8. The summed E-state index contributed by atoms with van der Waals surface area (Å²) in [5.74, 6) is 1.37. The molecule has 3 rings (SSSR count). The summed E-state index contributed by atoms with van der Waals surface area (Å²) in [5.41, 5.74) is 2.26. The SMILES string of the molecule is CC1CCCCC1NC(=O)CSc1nnc(-c2ccc(C(C)(C)C)cc2)o1. The quantitative estimate of drug-likeness (QED) is 0.745. The van der Waals surface area contributed by atoms with Gasteiger partial charge in [0, 0.05) is 11.6 Å². The summed E-state index contributed by atoms with van der Waals surface area (Å²) < 4.78 is 5.72. The molecule has 0 radical (unpaired) electrons. The first kappa shape index (κ1) is 19.9. The number of benzene rings is 1. The van der Waals surface area contributed by atoms with Crippen LogP contribution in [0, 0.1) is 5.92 Å². The number of rotatable bonds is 5. The number of nitrogens with one attached hydrogen (secondary N) is 1. The molecule has 2 unspecified atom stereocenters. The molecule has 1 amide bonds. The van der Waals surface area contributed by atoms with Crippen molar-refractivity contribution in [2.24, 2.45) is 5.92 Å². The second-order valence-electron chi connectivity index (χ2n) is 8.42. The fraction of sp³-hybridized carbons (Fsp3) is 0.571. The summed E-state index contributed by atoms with van der Waals surface area (Å²) >= 11 is 1.29. The zero-order valence-corrected chi connectivity index (χ0v) is 17.4. The van der Waals surface area contributed by atoms with Crippen LogP contribution in [-0.4, -0.2) is 27.9 Å². The van der Waals surface area contributed by atoms with Gasteiger partial charge in [0.05, 0.1) is 5.75 Å². The molecule has 0 bridgehead atoms. The van der Waals surface area contributed by atoms with Gasteiger partial charge in [-0.25, -0.2) is 0 Å². The number of nitrogens with zero attached hydrogens (tertiary/aromatic N) is 2. The van der Waals surface area contributed by atoms with Crippen LogP contribution in [0.2, 0.25) is 0 Å². The number of carbonyl (C=O) groups excluding carboxylic acids is 1. The van der Waals surface area contributed by atoms with Crippen molar-refractivity contribution in [3.8, 4) is 11.5 Å². The highest BCUT2D eigenvalue weighted by atomic mass is 32.2. The third-order valence-electron chi connectivity index (χ3n) is 5.19. The molecule has 1 aliphatic carbocycles. The van der Waals surface area contributed by atoms with Crippen molar-refractivity contribution in [2.45, 2.75) is 70.1 Å². The van der Waals surface area contributed by atoms with Crippen LogP contribution in [0.1, 0.15) is 58.9 Å². The smallest absolute Gasteiger partial charge is 0.277 e. The molecule has 146 valence electrons. The molecular weight excluding hydrogens is 358 g/mol. The molecule has 0 saturated heterocycles. The molecule has 1 fully saturated rings. The van der Waals surface area contributed by atoms with Crippen LogP contribution in [0.15, 0.2) is 33.9 Å². The molecule has 1 aromatic carbocycles. The average molecular weight is 388 g/mol. The first-order valence-electron chi connectivity index (χ1n) is 9.69. The Bertz CT molecular complexity index is 764. The van der Waals surface area contributed by atoms with Gasteiger partial charge in [-0.3, -0.25) is 4.79 Å². The van der Waals surface area contributed by atoms with Crippen molar-refractivity contribution in [3.05, 3.63) is 29.8 Å². The molecule has 2 aromatic rings. The molecule has 1 N–H and O–H groups in total. The van der Waals surface area contributed by atoms with Gasteiger partial charge in [0.1, 0.15) is 0 Å². The summed E-state index contributed by atoms with van der Waals surface area (Å²) in [4.78, 5) is 12.2. The third kappa shape index (κ3) is 5.34. The maximum absolute atomic E-state index is 12.2. The Kier molecular flexibility index (Phi) is 6.25. The molecule has 27 heavy (non-hydrogen) atoms. The highest BCUT2D eigenvalue weighted by molar-refractivity contribution is 7.99. The van der Waals surface area contributed by atoms with E-state index in [1.54, 1.807) is 0 Å². The maximum Gasteiger partial charge on any atom is 0.277 e. The van der Waals surface area contributed by atoms with Crippen LogP contribution in [0.4, 0.5) is 0 Å². The van der Waals surface area contributed by atoms with E-state index in [0.717, 1.165) is 12.0 Å². The molecule has 1 aliphatic rings. The minimum atomic E-state index is 0.0352. The van der Waals surface area contributed by atoms with E-state index in [0.29, 0.717) is 28.8 Å². The number of hydrogen-bond acceptors (Lipinski definition) is 5. The van der Waals surface area contributed by atoms with Crippen LogP contribution in [-0.2, 0) is 10.2 Å². The van der Waals surface area contributed by atoms with Crippen molar-refractivity contribution in [3.63, 3.8) is 0 Å². The van der Waals surface area contributed by atoms with E-state index in [9.17, 15) is 4.79 Å². The number of amides is 1. The number of thioether (sulfide) groups is 1. The van der Waals surface area contributed by atoms with E-state index in [4.69, 9.17) is 4.42 Å². The van der Waals surface area contributed by atoms with Crippen molar-refractivity contribution in [1.82, 2.24) is 15.5 Å². The fourth-order valence-corrected chi connectivity index (χ4v) is 3.98. The largest absolute Gasteiger partial charge is 0.411 e. The predicted octanol–water partition coefficient (Wildman–Crippen LogP) is 4.82. The van der Waals surface area contributed by atoms with Crippen molar-refractivity contribution in [2.75, 3.05) is 5.75 Å². The molecule has 6 heteroatoms. The lowest BCUT2D eigenvalue weighted by Crippen LogP contribution is -2.41. The van der Waals surface area contributed by atoms with Crippen LogP contribution in [0.3, 0.4) is 0 Å². The van der Waals surface area contributed by atoms with E-state index in [1.807, 2.05) is 12.1 Å². The van der Waals surface area contributed by atoms with Gasteiger partial charge in [-0.15, -0.1) is 10.2 Å². The van der Waals surface area contributed by atoms with Crippen molar-refractivity contribution >= 4 is 17.7 Å². The monoisotopic (exact) mass is 387 g/mol. The average Bonchev–Trinajstić information content (AvgIpc) is 3.10. The minimum Gasteiger partial charge on any atom is -0.411 e. The Morgan fingerprint density at radius 1 is 1.19 bits per heavy atom. The van der Waals surface area contributed by atoms with Crippen LogP contribution in [0.5, 0.6) is 0 Å². The van der Waals surface area contributed by atoms with Gasteiger partial charge in [-0.05, 0) is 41.9 Å². The third-order valence-corrected chi connectivity index (χ3v) is 6.01. The Labute approximate surface area is 165 Å². The summed E-state index contributed by atoms with van der Waals surface area (Å²) in [7, 11) is 0. The Hall–Kier alpha value is -1.82. The van der Waals surface area contributed by atoms with Gasteiger partial charge in [-0.2, -0.15) is 0 Å². The molecule has 1 saturated carbocycles. The van der Waals surface area contributed by atoms with Gasteiger partial charge in [0.15, 0.2) is 0 Å². The van der Waals surface area contributed by atoms with Gasteiger partial charge in [0.25, 0.3) is 5.22 Å².